The molecular formula is C18H22O2. The number of hydrogen-bond donors (Lipinski definition) is 0. The Balaban J connectivity index is 1.94. The van der Waals surface area contributed by atoms with Crippen LogP contribution in [0.2, 0.25) is 0 Å². The van der Waals surface area contributed by atoms with Crippen LogP contribution in [-0.2, 0) is 4.74 Å². The van der Waals surface area contributed by atoms with Crippen LogP contribution in [0.5, 0.6) is 5.75 Å². The maximum atomic E-state index is 6.31. The van der Waals surface area contributed by atoms with E-state index in [1.165, 1.54) is 5.39 Å². The fourth-order valence-electron chi connectivity index (χ4n) is 3.15. The Kier molecular flexibility index (Phi) is 3.02. The molecule has 2 aromatic carbocycles. The minimum absolute atomic E-state index is 0.0725. The Bertz CT molecular complexity index is 623. The highest BCUT2D eigenvalue weighted by Crippen LogP contribution is 2.40. The minimum atomic E-state index is -0.263. The molecule has 1 fully saturated rings. The summed E-state index contributed by atoms with van der Waals surface area (Å²) >= 11 is 0. The molecule has 2 aromatic rings. The van der Waals surface area contributed by atoms with Gasteiger partial charge in [0.15, 0.2) is 0 Å². The van der Waals surface area contributed by atoms with E-state index in [1.54, 1.807) is 0 Å². The third-order valence-electron chi connectivity index (χ3n) is 4.01. The lowest BCUT2D eigenvalue weighted by molar-refractivity contribution is -0.0844. The summed E-state index contributed by atoms with van der Waals surface area (Å²) in [5, 5.41) is 2.37. The lowest BCUT2D eigenvalue weighted by Crippen LogP contribution is -2.36. The normalized spacial score (nSPS) is 23.9. The average molecular weight is 270 g/mol. The fourth-order valence-corrected chi connectivity index (χ4v) is 3.15. The summed E-state index contributed by atoms with van der Waals surface area (Å²) in [5.41, 5.74) is -0.390. The van der Waals surface area contributed by atoms with Crippen LogP contribution in [0.1, 0.15) is 34.1 Å². The topological polar surface area (TPSA) is 18.5 Å². The second-order valence-corrected chi connectivity index (χ2v) is 6.75. The zero-order chi connectivity index (χ0) is 14.4. The summed E-state index contributed by atoms with van der Waals surface area (Å²) in [7, 11) is 0. The number of benzene rings is 2. The van der Waals surface area contributed by atoms with E-state index in [0.29, 0.717) is 0 Å². The Morgan fingerprint density at radius 1 is 1.00 bits per heavy atom. The Hall–Kier alpha value is -1.54. The summed E-state index contributed by atoms with van der Waals surface area (Å²) in [5.74, 6) is 0.947. The first kappa shape index (κ1) is 13.4. The maximum Gasteiger partial charge on any atom is 0.130 e. The van der Waals surface area contributed by atoms with E-state index in [-0.39, 0.29) is 17.3 Å². The number of rotatable bonds is 2. The van der Waals surface area contributed by atoms with Crippen molar-refractivity contribution in [2.75, 3.05) is 0 Å². The molecule has 0 aliphatic carbocycles. The van der Waals surface area contributed by atoms with Crippen LogP contribution < -0.4 is 4.74 Å². The van der Waals surface area contributed by atoms with Gasteiger partial charge in [-0.25, -0.2) is 0 Å². The second-order valence-electron chi connectivity index (χ2n) is 6.75. The van der Waals surface area contributed by atoms with E-state index in [2.05, 4.69) is 58.0 Å². The van der Waals surface area contributed by atoms with Crippen molar-refractivity contribution in [1.29, 1.82) is 0 Å². The predicted octanol–water partition coefficient (Wildman–Crippen LogP) is 4.56. The van der Waals surface area contributed by atoms with Crippen molar-refractivity contribution in [3.63, 3.8) is 0 Å². The molecule has 0 N–H and O–H groups in total. The molecule has 0 spiro atoms. The molecule has 1 aliphatic rings. The van der Waals surface area contributed by atoms with Gasteiger partial charge in [0, 0.05) is 11.8 Å². The number of hydrogen-bond acceptors (Lipinski definition) is 2. The predicted molar refractivity (Wildman–Crippen MR) is 82.2 cm³/mol. The van der Waals surface area contributed by atoms with E-state index < -0.39 is 0 Å². The van der Waals surface area contributed by atoms with E-state index in [4.69, 9.17) is 9.47 Å². The van der Waals surface area contributed by atoms with Gasteiger partial charge in [-0.3, -0.25) is 0 Å². The zero-order valence-corrected chi connectivity index (χ0v) is 12.6. The van der Waals surface area contributed by atoms with Crippen LogP contribution in [0.25, 0.3) is 10.8 Å². The van der Waals surface area contributed by atoms with Crippen molar-refractivity contribution in [2.45, 2.75) is 51.4 Å². The van der Waals surface area contributed by atoms with Crippen molar-refractivity contribution in [1.82, 2.24) is 0 Å². The van der Waals surface area contributed by atoms with E-state index in [0.717, 1.165) is 17.6 Å². The average Bonchev–Trinajstić information content (AvgIpc) is 2.57. The standard InChI is InChI=1S/C18H22O2/c1-17(2)12-16(18(3,4)20-17)19-15-11-7-9-13-8-5-6-10-14(13)15/h5-11,16H,12H2,1-4H3. The molecule has 2 nitrogen and oxygen atoms in total. The number of ether oxygens (including phenoxy) is 2. The van der Waals surface area contributed by atoms with Crippen molar-refractivity contribution < 1.29 is 9.47 Å². The van der Waals surface area contributed by atoms with E-state index >= 15 is 0 Å². The molecule has 1 saturated heterocycles. The van der Waals surface area contributed by atoms with Crippen LogP contribution >= 0.6 is 0 Å². The maximum absolute atomic E-state index is 6.31. The van der Waals surface area contributed by atoms with Gasteiger partial charge in [0.1, 0.15) is 17.5 Å². The van der Waals surface area contributed by atoms with Crippen molar-refractivity contribution in [3.8, 4) is 5.75 Å². The quantitative estimate of drug-likeness (QED) is 0.796. The van der Waals surface area contributed by atoms with Gasteiger partial charge in [-0.05, 0) is 39.1 Å². The molecule has 0 saturated carbocycles. The van der Waals surface area contributed by atoms with E-state index in [9.17, 15) is 0 Å². The van der Waals surface area contributed by atoms with Gasteiger partial charge in [-0.2, -0.15) is 0 Å². The molecule has 0 aromatic heterocycles. The summed E-state index contributed by atoms with van der Waals surface area (Å²) in [6.07, 6.45) is 0.978. The third kappa shape index (κ3) is 2.40. The lowest BCUT2D eigenvalue weighted by Gasteiger charge is -2.27. The summed E-state index contributed by atoms with van der Waals surface area (Å²) in [6.45, 7) is 8.47. The highest BCUT2D eigenvalue weighted by atomic mass is 16.6. The van der Waals surface area contributed by atoms with Crippen LogP contribution in [0.3, 0.4) is 0 Å². The monoisotopic (exact) mass is 270 g/mol. The van der Waals surface area contributed by atoms with Gasteiger partial charge < -0.3 is 9.47 Å². The fraction of sp³-hybridized carbons (Fsp3) is 0.444. The van der Waals surface area contributed by atoms with Gasteiger partial charge >= 0.3 is 0 Å². The van der Waals surface area contributed by atoms with Gasteiger partial charge in [-0.15, -0.1) is 0 Å². The SMILES string of the molecule is CC1(C)CC(Oc2cccc3ccccc23)C(C)(C)O1. The zero-order valence-electron chi connectivity index (χ0n) is 12.6. The Labute approximate surface area is 120 Å². The molecule has 2 heteroatoms. The van der Waals surface area contributed by atoms with Crippen LogP contribution in [-0.4, -0.2) is 17.3 Å². The first-order valence-corrected chi connectivity index (χ1v) is 7.22. The molecule has 1 heterocycles. The van der Waals surface area contributed by atoms with Crippen molar-refractivity contribution >= 4 is 10.8 Å². The molecule has 20 heavy (non-hydrogen) atoms. The molecule has 1 unspecified atom stereocenters. The second kappa shape index (κ2) is 4.49. The molecule has 0 amide bonds. The van der Waals surface area contributed by atoms with Gasteiger partial charge in [0.25, 0.3) is 0 Å². The van der Waals surface area contributed by atoms with Crippen LogP contribution in [0.15, 0.2) is 42.5 Å². The molecule has 3 rings (SSSR count). The van der Waals surface area contributed by atoms with E-state index in [1.807, 2.05) is 12.1 Å². The minimum Gasteiger partial charge on any atom is -0.487 e. The van der Waals surface area contributed by atoms with Gasteiger partial charge in [0.2, 0.25) is 0 Å². The Morgan fingerprint density at radius 3 is 2.40 bits per heavy atom. The largest absolute Gasteiger partial charge is 0.487 e. The molecule has 0 bridgehead atoms. The number of fused-ring (bicyclic) bond motifs is 1. The van der Waals surface area contributed by atoms with Crippen molar-refractivity contribution in [3.05, 3.63) is 42.5 Å². The molecule has 1 atom stereocenters. The van der Waals surface area contributed by atoms with Gasteiger partial charge in [0.05, 0.1) is 5.60 Å². The highest BCUT2D eigenvalue weighted by Gasteiger charge is 2.47. The summed E-state index contributed by atoms with van der Waals surface area (Å²) in [4.78, 5) is 0. The molecule has 106 valence electrons. The van der Waals surface area contributed by atoms with Gasteiger partial charge in [-0.1, -0.05) is 36.4 Å². The summed E-state index contributed by atoms with van der Waals surface area (Å²) < 4.78 is 12.4. The molecule has 1 aliphatic heterocycles. The third-order valence-corrected chi connectivity index (χ3v) is 4.01. The first-order chi connectivity index (χ1) is 9.37. The Morgan fingerprint density at radius 2 is 1.70 bits per heavy atom. The lowest BCUT2D eigenvalue weighted by atomic mass is 9.97. The van der Waals surface area contributed by atoms with Crippen LogP contribution in [0, 0.1) is 0 Å². The first-order valence-electron chi connectivity index (χ1n) is 7.22. The molecule has 0 radical (unpaired) electrons. The smallest absolute Gasteiger partial charge is 0.130 e. The van der Waals surface area contributed by atoms with Crippen LogP contribution in [0.4, 0.5) is 0 Å². The van der Waals surface area contributed by atoms with Crippen molar-refractivity contribution in [2.24, 2.45) is 0 Å². The highest BCUT2D eigenvalue weighted by molar-refractivity contribution is 5.88. The summed E-state index contributed by atoms with van der Waals surface area (Å²) in [6, 6.07) is 14.5. The molecular weight excluding hydrogens is 248 g/mol.